The molecule has 0 spiro atoms. The lowest BCUT2D eigenvalue weighted by Crippen LogP contribution is -2.18. The van der Waals surface area contributed by atoms with Gasteiger partial charge in [-0.1, -0.05) is 133 Å². The average Bonchev–Trinajstić information content (AvgIpc) is 3.55. The minimum atomic E-state index is -0.993. The first kappa shape index (κ1) is 33.3. The monoisotopic (exact) mass is 590 g/mol. The minimum Gasteiger partial charge on any atom is -0.185 e. The molecule has 3 rings (SSSR count). The van der Waals surface area contributed by atoms with Crippen molar-refractivity contribution in [2.24, 2.45) is 5.92 Å². The largest absolute Gasteiger partial charge is 0.185 e. The maximum absolute atomic E-state index is 2.72. The van der Waals surface area contributed by atoms with Gasteiger partial charge in [0.05, 0.1) is 9.75 Å². The fourth-order valence-electron chi connectivity index (χ4n) is 6.16. The van der Waals surface area contributed by atoms with Crippen LogP contribution in [0.3, 0.4) is 0 Å². The topological polar surface area (TPSA) is 0 Å². The lowest BCUT2D eigenvalue weighted by Gasteiger charge is -2.41. The number of fused-ring (bicyclic) bond motifs is 3. The van der Waals surface area contributed by atoms with Crippen LogP contribution in [0.1, 0.15) is 162 Å². The average molecular weight is 591 g/mol. The summed E-state index contributed by atoms with van der Waals surface area (Å²) >= 11 is 4.29. The normalized spacial score (nSPS) is 16.3. The van der Waals surface area contributed by atoms with Gasteiger partial charge in [-0.2, -0.15) is 10.0 Å². The van der Waals surface area contributed by atoms with Crippen molar-refractivity contribution < 1.29 is 0 Å². The Kier molecular flexibility index (Phi) is 12.6. The highest BCUT2D eigenvalue weighted by Crippen LogP contribution is 2.76. The second-order valence-electron chi connectivity index (χ2n) is 14.5. The predicted octanol–water partition coefficient (Wildman–Crippen LogP) is 13.7. The summed E-state index contributed by atoms with van der Waals surface area (Å²) in [6.45, 7) is 21.6. The van der Waals surface area contributed by atoms with Crippen LogP contribution in [-0.4, -0.2) is 11.5 Å². The summed E-state index contributed by atoms with van der Waals surface area (Å²) < 4.78 is 0. The molecule has 3 heteroatoms. The van der Waals surface area contributed by atoms with Crippen LogP contribution in [0.2, 0.25) is 0 Å². The van der Waals surface area contributed by atoms with E-state index in [4.69, 9.17) is 0 Å². The molecule has 1 aliphatic heterocycles. The van der Waals surface area contributed by atoms with Crippen LogP contribution in [0.5, 0.6) is 0 Å². The fraction of sp³-hybridized carbons (Fsp3) is 0.778. The highest BCUT2D eigenvalue weighted by atomic mass is 32.3. The standard InChI is InChI=1S/C36H62S3/c1-10-13-16-18-19-21-23-28(22-20-17-14-11-2)27-39(24-15-12-3)29-25-31(35(4,5)6)37-33(29)34-30(39)26-32(38-34)36(7,8)9/h25-26,28H,10-24,27H2,1-9H3. The molecule has 0 saturated heterocycles. The molecular formula is C36H62S3. The van der Waals surface area contributed by atoms with Gasteiger partial charge in [-0.05, 0) is 59.6 Å². The first-order chi connectivity index (χ1) is 18.5. The van der Waals surface area contributed by atoms with E-state index >= 15 is 0 Å². The Morgan fingerprint density at radius 2 is 1.00 bits per heavy atom. The van der Waals surface area contributed by atoms with E-state index in [1.807, 2.05) is 0 Å². The molecule has 1 unspecified atom stereocenters. The van der Waals surface area contributed by atoms with Gasteiger partial charge in [-0.25, -0.2) is 0 Å². The van der Waals surface area contributed by atoms with Gasteiger partial charge in [-0.3, -0.25) is 0 Å². The lowest BCUT2D eigenvalue weighted by molar-refractivity contribution is 0.438. The molecule has 39 heavy (non-hydrogen) atoms. The lowest BCUT2D eigenvalue weighted by atomic mass is 9.95. The highest BCUT2D eigenvalue weighted by Gasteiger charge is 2.44. The van der Waals surface area contributed by atoms with E-state index < -0.39 is 10.0 Å². The molecule has 224 valence electrons. The van der Waals surface area contributed by atoms with Gasteiger partial charge < -0.3 is 0 Å². The Morgan fingerprint density at radius 3 is 1.44 bits per heavy atom. The van der Waals surface area contributed by atoms with E-state index in [1.54, 1.807) is 29.3 Å². The summed E-state index contributed by atoms with van der Waals surface area (Å²) in [7, 11) is -0.993. The Hall–Kier alpha value is -0.250. The summed E-state index contributed by atoms with van der Waals surface area (Å²) in [5.74, 6) is 3.75. The first-order valence-corrected chi connectivity index (χ1v) is 20.2. The smallest absolute Gasteiger partial charge is 0.0580 e. The summed E-state index contributed by atoms with van der Waals surface area (Å²) in [5, 5.41) is 0. The molecule has 0 aliphatic carbocycles. The fourth-order valence-corrected chi connectivity index (χ4v) is 14.8. The Labute approximate surface area is 253 Å². The Bertz CT molecular complexity index is 935. The SMILES string of the molecule is CCCCCCCCC(CCCCCC)CS1(CCCC)c2cc(C(C)(C)C)sc2-c2sc(C(C)(C)C)cc21. The third kappa shape index (κ3) is 8.41. The zero-order chi connectivity index (χ0) is 28.7. The third-order valence-electron chi connectivity index (χ3n) is 8.72. The van der Waals surface area contributed by atoms with Crippen LogP contribution in [-0.2, 0) is 10.8 Å². The number of rotatable bonds is 17. The molecule has 1 aliphatic rings. The predicted molar refractivity (Wildman–Crippen MR) is 184 cm³/mol. The van der Waals surface area contributed by atoms with E-state index in [2.05, 4.69) is 97.1 Å². The molecule has 0 fully saturated rings. The molecule has 1 atom stereocenters. The zero-order valence-electron chi connectivity index (χ0n) is 27.3. The van der Waals surface area contributed by atoms with E-state index in [1.165, 1.54) is 101 Å². The van der Waals surface area contributed by atoms with Crippen molar-refractivity contribution in [1.82, 2.24) is 0 Å². The van der Waals surface area contributed by atoms with Gasteiger partial charge in [-0.15, -0.1) is 22.7 Å². The van der Waals surface area contributed by atoms with Crippen molar-refractivity contribution >= 4 is 32.7 Å². The molecular weight excluding hydrogens is 529 g/mol. The second-order valence-corrected chi connectivity index (χ2v) is 20.0. The van der Waals surface area contributed by atoms with Crippen molar-refractivity contribution in [3.05, 3.63) is 21.9 Å². The van der Waals surface area contributed by atoms with Crippen LogP contribution in [0.4, 0.5) is 0 Å². The third-order valence-corrected chi connectivity index (χ3v) is 16.6. The van der Waals surface area contributed by atoms with Crippen LogP contribution in [0.25, 0.3) is 9.75 Å². The summed E-state index contributed by atoms with van der Waals surface area (Å²) in [4.78, 5) is 10.2. The maximum Gasteiger partial charge on any atom is 0.0580 e. The van der Waals surface area contributed by atoms with Crippen LogP contribution < -0.4 is 0 Å². The van der Waals surface area contributed by atoms with Gasteiger partial charge in [0.25, 0.3) is 0 Å². The minimum absolute atomic E-state index is 0.229. The number of thiophene rings is 2. The molecule has 0 nitrogen and oxygen atoms in total. The zero-order valence-corrected chi connectivity index (χ0v) is 29.7. The van der Waals surface area contributed by atoms with E-state index in [-0.39, 0.29) is 10.8 Å². The second kappa shape index (κ2) is 14.8. The van der Waals surface area contributed by atoms with Crippen LogP contribution in [0, 0.1) is 5.92 Å². The van der Waals surface area contributed by atoms with Gasteiger partial charge >= 0.3 is 0 Å². The van der Waals surface area contributed by atoms with Crippen LogP contribution >= 0.6 is 32.7 Å². The van der Waals surface area contributed by atoms with E-state index in [0.29, 0.717) is 0 Å². The van der Waals surface area contributed by atoms with E-state index in [0.717, 1.165) is 5.92 Å². The molecule has 0 N–H and O–H groups in total. The van der Waals surface area contributed by atoms with E-state index in [9.17, 15) is 0 Å². The summed E-state index contributed by atoms with van der Waals surface area (Å²) in [6.07, 6.45) is 19.7. The van der Waals surface area contributed by atoms with Gasteiger partial charge in [0.15, 0.2) is 0 Å². The molecule has 0 amide bonds. The number of hydrogen-bond acceptors (Lipinski definition) is 2. The molecule has 0 saturated carbocycles. The van der Waals surface area contributed by atoms with Crippen molar-refractivity contribution in [2.45, 2.75) is 173 Å². The maximum atomic E-state index is 2.72. The highest BCUT2D eigenvalue weighted by molar-refractivity contribution is 8.34. The molecule has 0 radical (unpaired) electrons. The molecule has 2 aromatic heterocycles. The van der Waals surface area contributed by atoms with Gasteiger partial charge in [0, 0.05) is 19.5 Å². The van der Waals surface area contributed by atoms with Crippen molar-refractivity contribution in [2.75, 3.05) is 11.5 Å². The van der Waals surface area contributed by atoms with Crippen molar-refractivity contribution in [3.8, 4) is 9.75 Å². The van der Waals surface area contributed by atoms with Gasteiger partial charge in [0.1, 0.15) is 0 Å². The molecule has 0 bridgehead atoms. The van der Waals surface area contributed by atoms with Crippen molar-refractivity contribution in [3.63, 3.8) is 0 Å². The van der Waals surface area contributed by atoms with Gasteiger partial charge in [0.2, 0.25) is 0 Å². The molecule has 0 aromatic carbocycles. The van der Waals surface area contributed by atoms with Crippen LogP contribution in [0.15, 0.2) is 21.9 Å². The first-order valence-electron chi connectivity index (χ1n) is 16.6. The molecule has 2 aromatic rings. The Morgan fingerprint density at radius 1 is 0.590 bits per heavy atom. The molecule has 3 heterocycles. The number of unbranched alkanes of at least 4 members (excludes halogenated alkanes) is 9. The number of hydrogen-bond donors (Lipinski definition) is 0. The summed E-state index contributed by atoms with van der Waals surface area (Å²) in [5.41, 5.74) is 0.459. The quantitative estimate of drug-likeness (QED) is 0.161. The summed E-state index contributed by atoms with van der Waals surface area (Å²) in [6, 6.07) is 5.43. The van der Waals surface area contributed by atoms with Crippen molar-refractivity contribution in [1.29, 1.82) is 0 Å². The Balaban J connectivity index is 2.01.